The van der Waals surface area contributed by atoms with Crippen molar-refractivity contribution in [3.63, 3.8) is 0 Å². The van der Waals surface area contributed by atoms with Gasteiger partial charge in [-0.05, 0) is 49.7 Å². The lowest BCUT2D eigenvalue weighted by molar-refractivity contribution is 0.0665. The molecule has 1 amide bonds. The smallest absolute Gasteiger partial charge is 0.254 e. The van der Waals surface area contributed by atoms with Gasteiger partial charge in [-0.2, -0.15) is 0 Å². The summed E-state index contributed by atoms with van der Waals surface area (Å²) < 4.78 is 34.9. The van der Waals surface area contributed by atoms with Crippen LogP contribution in [0.1, 0.15) is 28.3 Å². The zero-order valence-corrected chi connectivity index (χ0v) is 16.1. The Bertz CT molecular complexity index is 914. The van der Waals surface area contributed by atoms with E-state index < -0.39 is 9.84 Å². The van der Waals surface area contributed by atoms with Crippen LogP contribution in [0, 0.1) is 6.92 Å². The first-order chi connectivity index (χ1) is 12.9. The Hall–Kier alpha value is -2.54. The molecule has 1 atom stereocenters. The van der Waals surface area contributed by atoms with Crippen molar-refractivity contribution >= 4 is 15.7 Å². The van der Waals surface area contributed by atoms with Gasteiger partial charge in [0.05, 0.1) is 18.1 Å². The Kier molecular flexibility index (Phi) is 5.70. The van der Waals surface area contributed by atoms with Gasteiger partial charge >= 0.3 is 0 Å². The van der Waals surface area contributed by atoms with Crippen molar-refractivity contribution in [2.24, 2.45) is 0 Å². The van der Waals surface area contributed by atoms with E-state index in [1.165, 1.54) is 0 Å². The molecule has 1 aliphatic heterocycles. The molecule has 0 bridgehead atoms. The third-order valence-electron chi connectivity index (χ3n) is 4.50. The second-order valence-corrected chi connectivity index (χ2v) is 8.86. The van der Waals surface area contributed by atoms with Crippen LogP contribution in [-0.4, -0.2) is 43.4 Å². The van der Waals surface area contributed by atoms with Gasteiger partial charge in [0.25, 0.3) is 5.91 Å². The predicted octanol–water partition coefficient (Wildman–Crippen LogP) is 2.98. The van der Waals surface area contributed by atoms with Crippen molar-refractivity contribution in [3.05, 3.63) is 66.1 Å². The van der Waals surface area contributed by atoms with E-state index in [2.05, 4.69) is 6.58 Å². The lowest BCUT2D eigenvalue weighted by atomic mass is 10.1. The van der Waals surface area contributed by atoms with Crippen LogP contribution in [0.25, 0.3) is 0 Å². The molecule has 0 radical (unpaired) electrons. The molecule has 0 spiro atoms. The summed E-state index contributed by atoms with van der Waals surface area (Å²) in [6.45, 7) is 6.05. The van der Waals surface area contributed by atoms with Crippen LogP contribution in [0.2, 0.25) is 0 Å². The molecule has 1 aromatic carbocycles. The van der Waals surface area contributed by atoms with Crippen molar-refractivity contribution in [2.45, 2.75) is 25.9 Å². The van der Waals surface area contributed by atoms with Crippen molar-refractivity contribution < 1.29 is 22.4 Å². The van der Waals surface area contributed by atoms with E-state index in [4.69, 9.17) is 9.15 Å². The van der Waals surface area contributed by atoms with Gasteiger partial charge in [-0.3, -0.25) is 4.79 Å². The highest BCUT2D eigenvalue weighted by molar-refractivity contribution is 7.91. The molecule has 0 aliphatic carbocycles. The van der Waals surface area contributed by atoms with Crippen LogP contribution < -0.4 is 4.74 Å². The van der Waals surface area contributed by atoms with E-state index in [-0.39, 0.29) is 30.0 Å². The van der Waals surface area contributed by atoms with Crippen LogP contribution in [0.5, 0.6) is 5.75 Å². The van der Waals surface area contributed by atoms with Crippen molar-refractivity contribution in [1.82, 2.24) is 4.90 Å². The molecule has 0 N–H and O–H groups in total. The topological polar surface area (TPSA) is 76.8 Å². The molecule has 0 unspecified atom stereocenters. The minimum atomic E-state index is -3.11. The summed E-state index contributed by atoms with van der Waals surface area (Å²) in [6.07, 6.45) is 2.08. The molecule has 1 aliphatic rings. The fraction of sp³-hybridized carbons (Fsp3) is 0.350. The zero-order valence-electron chi connectivity index (χ0n) is 15.3. The van der Waals surface area contributed by atoms with Gasteiger partial charge in [0.15, 0.2) is 9.84 Å². The molecule has 0 saturated carbocycles. The minimum absolute atomic E-state index is 0.0149. The van der Waals surface area contributed by atoms with Gasteiger partial charge in [-0.15, -0.1) is 0 Å². The Morgan fingerprint density at radius 1 is 1.30 bits per heavy atom. The normalized spacial score (nSPS) is 18.2. The lowest BCUT2D eigenvalue weighted by Gasteiger charge is -2.27. The first kappa shape index (κ1) is 19.2. The average molecular weight is 389 g/mol. The molecule has 6 nitrogen and oxygen atoms in total. The van der Waals surface area contributed by atoms with Crippen LogP contribution in [0.3, 0.4) is 0 Å². The van der Waals surface area contributed by atoms with Crippen LogP contribution >= 0.6 is 0 Å². The van der Waals surface area contributed by atoms with Crippen LogP contribution in [0.15, 0.2) is 53.5 Å². The Morgan fingerprint density at radius 3 is 2.59 bits per heavy atom. The van der Waals surface area contributed by atoms with Gasteiger partial charge in [-0.25, -0.2) is 8.42 Å². The van der Waals surface area contributed by atoms with Gasteiger partial charge in [-0.1, -0.05) is 12.7 Å². The summed E-state index contributed by atoms with van der Waals surface area (Å²) in [5.74, 6) is 1.90. The maximum Gasteiger partial charge on any atom is 0.254 e. The lowest BCUT2D eigenvalue weighted by Crippen LogP contribution is -2.40. The van der Waals surface area contributed by atoms with Gasteiger partial charge in [0.1, 0.15) is 23.9 Å². The molecule has 1 aromatic heterocycles. The molecule has 3 rings (SSSR count). The van der Waals surface area contributed by atoms with Crippen LogP contribution in [-0.2, 0) is 16.4 Å². The molecule has 7 heteroatoms. The highest BCUT2D eigenvalue weighted by Gasteiger charge is 2.35. The second kappa shape index (κ2) is 8.00. The summed E-state index contributed by atoms with van der Waals surface area (Å²) in [6, 6.07) is 10.1. The number of sulfone groups is 1. The SMILES string of the molecule is C=CCOc1ccc(C(=O)N(Cc2ccc(C)o2)[C@@H]2CCS(=O)(=O)C2)cc1. The standard InChI is InChI=1S/C20H23NO5S/c1-3-11-25-18-8-5-16(6-9-18)20(22)21(13-19-7-4-15(2)26-19)17-10-12-27(23,24)14-17/h3-9,17H,1,10-14H2,2H3/t17-/m1/s1. The second-order valence-electron chi connectivity index (χ2n) is 6.63. The van der Waals surface area contributed by atoms with E-state index in [1.54, 1.807) is 35.2 Å². The monoisotopic (exact) mass is 389 g/mol. The largest absolute Gasteiger partial charge is 0.490 e. The van der Waals surface area contributed by atoms with E-state index in [0.717, 1.165) is 5.76 Å². The highest BCUT2D eigenvalue weighted by atomic mass is 32.2. The van der Waals surface area contributed by atoms with Gasteiger partial charge in [0, 0.05) is 11.6 Å². The number of furan rings is 1. The van der Waals surface area contributed by atoms with Crippen molar-refractivity contribution in [2.75, 3.05) is 18.1 Å². The maximum absolute atomic E-state index is 13.1. The van der Waals surface area contributed by atoms with Crippen molar-refractivity contribution in [3.8, 4) is 5.75 Å². The first-order valence-electron chi connectivity index (χ1n) is 8.78. The molecule has 27 heavy (non-hydrogen) atoms. The van der Waals surface area contributed by atoms with E-state index >= 15 is 0 Å². The number of hydrogen-bond donors (Lipinski definition) is 0. The zero-order chi connectivity index (χ0) is 19.4. The molecule has 144 valence electrons. The first-order valence-corrected chi connectivity index (χ1v) is 10.6. The number of aryl methyl sites for hydroxylation is 1. The minimum Gasteiger partial charge on any atom is -0.490 e. The summed E-state index contributed by atoms with van der Waals surface area (Å²) >= 11 is 0. The van der Waals surface area contributed by atoms with Gasteiger partial charge in [0.2, 0.25) is 0 Å². The molecule has 1 saturated heterocycles. The molecular weight excluding hydrogens is 366 g/mol. The number of carbonyl (C=O) groups is 1. The number of nitrogens with zero attached hydrogens (tertiary/aromatic N) is 1. The highest BCUT2D eigenvalue weighted by Crippen LogP contribution is 2.24. The van der Waals surface area contributed by atoms with E-state index in [0.29, 0.717) is 30.1 Å². The summed E-state index contributed by atoms with van der Waals surface area (Å²) in [4.78, 5) is 14.7. The van der Waals surface area contributed by atoms with Crippen molar-refractivity contribution in [1.29, 1.82) is 0 Å². The number of hydrogen-bond acceptors (Lipinski definition) is 5. The fourth-order valence-electron chi connectivity index (χ4n) is 3.14. The quantitative estimate of drug-likeness (QED) is 0.681. The third-order valence-corrected chi connectivity index (χ3v) is 6.25. The maximum atomic E-state index is 13.1. The molecular formula is C20H23NO5S. The molecule has 2 aromatic rings. The van der Waals surface area contributed by atoms with E-state index in [9.17, 15) is 13.2 Å². The average Bonchev–Trinajstić information content (AvgIpc) is 3.22. The molecule has 1 fully saturated rings. The summed E-state index contributed by atoms with van der Waals surface area (Å²) in [7, 11) is -3.11. The Morgan fingerprint density at radius 2 is 2.04 bits per heavy atom. The van der Waals surface area contributed by atoms with Crippen LogP contribution in [0.4, 0.5) is 0 Å². The summed E-state index contributed by atoms with van der Waals surface area (Å²) in [5.41, 5.74) is 0.480. The Labute approximate surface area is 159 Å². The number of rotatable bonds is 7. The number of benzene rings is 1. The summed E-state index contributed by atoms with van der Waals surface area (Å²) in [5, 5.41) is 0. The number of ether oxygens (including phenoxy) is 1. The molecule has 2 heterocycles. The number of amides is 1. The third kappa shape index (κ3) is 4.80. The predicted molar refractivity (Wildman–Crippen MR) is 103 cm³/mol. The van der Waals surface area contributed by atoms with E-state index in [1.807, 2.05) is 19.1 Å². The fourth-order valence-corrected chi connectivity index (χ4v) is 4.87. The number of carbonyl (C=O) groups excluding carboxylic acids is 1. The Balaban J connectivity index is 1.82. The van der Waals surface area contributed by atoms with Gasteiger partial charge < -0.3 is 14.1 Å².